The van der Waals surface area contributed by atoms with Gasteiger partial charge in [0.1, 0.15) is 23.1 Å². The van der Waals surface area contributed by atoms with Crippen molar-refractivity contribution in [3.8, 4) is 11.5 Å². The first-order valence-electron chi connectivity index (χ1n) is 12.0. The summed E-state index contributed by atoms with van der Waals surface area (Å²) in [6.07, 6.45) is -7.04. The average Bonchev–Trinajstić information content (AvgIpc) is 2.90. The summed E-state index contributed by atoms with van der Waals surface area (Å²) >= 11 is 0. The predicted octanol–water partition coefficient (Wildman–Crippen LogP) is 4.69. The first kappa shape index (κ1) is 29.1. The van der Waals surface area contributed by atoms with E-state index in [4.69, 9.17) is 4.74 Å². The van der Waals surface area contributed by atoms with Crippen molar-refractivity contribution in [1.82, 2.24) is 9.88 Å². The Morgan fingerprint density at radius 2 is 1.88 bits per heavy atom. The number of likely N-dealkylation sites (tertiary alicyclic amines) is 1. The van der Waals surface area contributed by atoms with Gasteiger partial charge in [-0.1, -0.05) is 0 Å². The second-order valence-electron chi connectivity index (χ2n) is 9.31. The molecule has 1 saturated heterocycles. The Kier molecular flexibility index (Phi) is 8.21. The first-order chi connectivity index (χ1) is 18.7. The van der Waals surface area contributed by atoms with Crippen LogP contribution in [0, 0.1) is 11.0 Å². The van der Waals surface area contributed by atoms with Crippen LogP contribution in [-0.2, 0) is 4.79 Å². The first-order valence-corrected chi connectivity index (χ1v) is 12.0. The number of aliphatic hydroxyl groups excluding tert-OH is 1. The Hall–Kier alpha value is -3.91. The molecule has 2 N–H and O–H groups in total. The maximum absolute atomic E-state index is 14.9. The Balaban J connectivity index is 1.44. The van der Waals surface area contributed by atoms with Gasteiger partial charge in [-0.2, -0.15) is 17.9 Å². The van der Waals surface area contributed by atoms with Gasteiger partial charge in [-0.3, -0.25) is 9.69 Å². The number of nitrogens with zero attached hydrogens (tertiary/aromatic N) is 3. The van der Waals surface area contributed by atoms with Crippen molar-refractivity contribution >= 4 is 11.7 Å². The number of alkyl halides is 5. The van der Waals surface area contributed by atoms with Crippen LogP contribution in [0.2, 0.25) is 0 Å². The fraction of sp³-hybridized carbons (Fsp3) is 0.346. The van der Waals surface area contributed by atoms with Crippen LogP contribution in [0.4, 0.5) is 32.2 Å². The number of carbonyl (C=O) groups is 1. The number of piperidine rings is 1. The molecule has 8 nitrogen and oxygen atoms in total. The monoisotopic (exact) mass is 570 g/mol. The van der Waals surface area contributed by atoms with E-state index in [1.165, 1.54) is 54.4 Å². The van der Waals surface area contributed by atoms with Crippen LogP contribution >= 0.6 is 0 Å². The zero-order chi connectivity index (χ0) is 29.2. The maximum Gasteiger partial charge on any atom is 0.424 e. The van der Waals surface area contributed by atoms with Crippen LogP contribution in [0.1, 0.15) is 36.6 Å². The summed E-state index contributed by atoms with van der Waals surface area (Å²) in [5.74, 6) is -5.14. The topological polar surface area (TPSA) is 102 Å². The Labute approximate surface area is 224 Å². The summed E-state index contributed by atoms with van der Waals surface area (Å²) < 4.78 is 87.1. The molecule has 1 amide bonds. The van der Waals surface area contributed by atoms with Gasteiger partial charge in [0.15, 0.2) is 6.20 Å². The van der Waals surface area contributed by atoms with Crippen molar-refractivity contribution in [3.05, 3.63) is 83.2 Å². The number of amides is 1. The van der Waals surface area contributed by atoms with E-state index in [1.807, 2.05) is 0 Å². The summed E-state index contributed by atoms with van der Waals surface area (Å²) in [7, 11) is 0. The Bertz CT molecular complexity index is 1340. The quantitative estimate of drug-likeness (QED) is 0.243. The molecule has 40 heavy (non-hydrogen) atoms. The van der Waals surface area contributed by atoms with Crippen molar-refractivity contribution in [2.75, 3.05) is 18.4 Å². The lowest BCUT2D eigenvalue weighted by atomic mass is 9.86. The van der Waals surface area contributed by atoms with E-state index >= 15 is 0 Å². The molecule has 14 heteroatoms. The highest BCUT2D eigenvalue weighted by Gasteiger charge is 2.48. The van der Waals surface area contributed by atoms with Crippen LogP contribution in [-0.4, -0.2) is 52.1 Å². The SMILES string of the molecule is CC(C(=O)Nc1ccc(Oc2ccc(F)cc2)cn1)N1CCC(F)(F)C(c2cc[n+]([O-])c(C(O)C(F)(F)F)c2)C1. The molecule has 3 heterocycles. The van der Waals surface area contributed by atoms with Crippen LogP contribution in [0.5, 0.6) is 11.5 Å². The second kappa shape index (κ2) is 11.3. The molecule has 0 radical (unpaired) electrons. The highest BCUT2D eigenvalue weighted by atomic mass is 19.4. The van der Waals surface area contributed by atoms with E-state index in [9.17, 15) is 41.5 Å². The van der Waals surface area contributed by atoms with Gasteiger partial charge in [-0.05, 0) is 48.9 Å². The van der Waals surface area contributed by atoms with E-state index in [2.05, 4.69) is 10.3 Å². The molecule has 1 aromatic carbocycles. The van der Waals surface area contributed by atoms with Gasteiger partial charge < -0.3 is 20.4 Å². The van der Waals surface area contributed by atoms with Crippen molar-refractivity contribution in [1.29, 1.82) is 0 Å². The van der Waals surface area contributed by atoms with E-state index in [-0.39, 0.29) is 22.7 Å². The van der Waals surface area contributed by atoms with Crippen molar-refractivity contribution in [3.63, 3.8) is 0 Å². The number of aliphatic hydroxyl groups is 1. The third-order valence-corrected chi connectivity index (χ3v) is 6.59. The van der Waals surface area contributed by atoms with Crippen molar-refractivity contribution < 1.29 is 45.7 Å². The third-order valence-electron chi connectivity index (χ3n) is 6.59. The molecule has 3 atom stereocenters. The van der Waals surface area contributed by atoms with Gasteiger partial charge in [0.25, 0.3) is 5.92 Å². The molecule has 1 fully saturated rings. The minimum absolute atomic E-state index is 0.149. The van der Waals surface area contributed by atoms with Crippen LogP contribution in [0.3, 0.4) is 0 Å². The molecule has 214 valence electrons. The van der Waals surface area contributed by atoms with Gasteiger partial charge in [0.05, 0.1) is 18.2 Å². The van der Waals surface area contributed by atoms with E-state index in [0.29, 0.717) is 23.8 Å². The number of benzene rings is 1. The molecule has 3 aromatic rings. The minimum atomic E-state index is -5.17. The fourth-order valence-corrected chi connectivity index (χ4v) is 4.28. The van der Waals surface area contributed by atoms with Crippen molar-refractivity contribution in [2.24, 2.45) is 0 Å². The Morgan fingerprint density at radius 3 is 2.50 bits per heavy atom. The molecule has 0 saturated carbocycles. The summed E-state index contributed by atoms with van der Waals surface area (Å²) in [6.45, 7) is 0.906. The smallest absolute Gasteiger partial charge is 0.424 e. The largest absolute Gasteiger partial charge is 0.618 e. The number of aromatic nitrogens is 2. The van der Waals surface area contributed by atoms with Gasteiger partial charge in [0, 0.05) is 31.6 Å². The number of nitrogens with one attached hydrogen (secondary N) is 1. The van der Waals surface area contributed by atoms with E-state index in [0.717, 1.165) is 6.07 Å². The maximum atomic E-state index is 14.9. The molecular weight excluding hydrogens is 546 g/mol. The van der Waals surface area contributed by atoms with Gasteiger partial charge >= 0.3 is 6.18 Å². The molecule has 0 aliphatic carbocycles. The van der Waals surface area contributed by atoms with E-state index < -0.39 is 60.5 Å². The number of pyridine rings is 2. The molecule has 3 unspecified atom stereocenters. The van der Waals surface area contributed by atoms with Gasteiger partial charge in [0.2, 0.25) is 17.7 Å². The molecule has 0 spiro atoms. The highest BCUT2D eigenvalue weighted by molar-refractivity contribution is 5.93. The number of hydrogen-bond acceptors (Lipinski definition) is 6. The number of hydrogen-bond donors (Lipinski definition) is 2. The molecule has 1 aliphatic rings. The van der Waals surface area contributed by atoms with Gasteiger partial charge in [-0.25, -0.2) is 18.2 Å². The predicted molar refractivity (Wildman–Crippen MR) is 129 cm³/mol. The summed E-state index contributed by atoms with van der Waals surface area (Å²) in [4.78, 5) is 18.4. The number of carbonyl (C=O) groups excluding carboxylic acids is 1. The summed E-state index contributed by atoms with van der Waals surface area (Å²) in [5, 5.41) is 23.9. The lowest BCUT2D eigenvalue weighted by Gasteiger charge is -2.40. The highest BCUT2D eigenvalue weighted by Crippen LogP contribution is 2.42. The molecule has 2 aromatic heterocycles. The van der Waals surface area contributed by atoms with Crippen LogP contribution in [0.25, 0.3) is 0 Å². The van der Waals surface area contributed by atoms with Gasteiger partial charge in [-0.15, -0.1) is 0 Å². The Morgan fingerprint density at radius 1 is 1.20 bits per heavy atom. The minimum Gasteiger partial charge on any atom is -0.618 e. The zero-order valence-electron chi connectivity index (χ0n) is 20.9. The van der Waals surface area contributed by atoms with Crippen LogP contribution < -0.4 is 14.8 Å². The van der Waals surface area contributed by atoms with Crippen molar-refractivity contribution in [2.45, 2.75) is 43.5 Å². The number of halogens is 6. The van der Waals surface area contributed by atoms with E-state index in [1.54, 1.807) is 0 Å². The second-order valence-corrected chi connectivity index (χ2v) is 9.31. The molecule has 0 bridgehead atoms. The number of rotatable bonds is 7. The lowest BCUT2D eigenvalue weighted by molar-refractivity contribution is -0.621. The molecular formula is C26H24F6N4O4. The molecule has 1 aliphatic heterocycles. The lowest BCUT2D eigenvalue weighted by Crippen LogP contribution is -2.52. The zero-order valence-corrected chi connectivity index (χ0v) is 20.9. The van der Waals surface area contributed by atoms with Crippen LogP contribution in [0.15, 0.2) is 60.9 Å². The normalized spacial score (nSPS) is 19.1. The molecule has 4 rings (SSSR count). The standard InChI is InChI=1S/C26H24F6N4O4/c1-15(24(38)34-22-7-6-19(13-33-22)40-18-4-2-17(27)3-5-18)35-11-9-25(28,29)20(14-35)16-8-10-36(39)21(12-16)23(37)26(30,31)32/h2-8,10,12-13,15,20,23,37H,9,11,14H2,1H3,(H,33,34,38). The number of anilines is 1. The number of ether oxygens (including phenoxy) is 1. The average molecular weight is 570 g/mol. The summed E-state index contributed by atoms with van der Waals surface area (Å²) in [6, 6.07) is 8.94. The fourth-order valence-electron chi connectivity index (χ4n) is 4.28. The third kappa shape index (κ3) is 6.62. The summed E-state index contributed by atoms with van der Waals surface area (Å²) in [5.41, 5.74) is -1.40.